The van der Waals surface area contributed by atoms with Gasteiger partial charge in [-0.25, -0.2) is 4.79 Å². The number of aliphatic hydroxyl groups excluding tert-OH is 1. The van der Waals surface area contributed by atoms with Gasteiger partial charge in [-0.05, 0) is 18.9 Å². The van der Waals surface area contributed by atoms with Crippen molar-refractivity contribution < 1.29 is 37.7 Å². The zero-order valence-electron chi connectivity index (χ0n) is 17.9. The number of rotatable bonds is 5. The minimum atomic E-state index is -5.08. The number of ether oxygens (including phenoxy) is 2. The Labute approximate surface area is 180 Å². The highest BCUT2D eigenvalue weighted by molar-refractivity contribution is 5.73. The summed E-state index contributed by atoms with van der Waals surface area (Å²) in [5, 5.41) is 17.4. The number of alkyl halides is 3. The van der Waals surface area contributed by atoms with Crippen LogP contribution in [0.25, 0.3) is 0 Å². The van der Waals surface area contributed by atoms with E-state index in [0.29, 0.717) is 6.04 Å². The molecule has 1 aromatic rings. The molecule has 2 N–H and O–H groups in total. The van der Waals surface area contributed by atoms with E-state index in [9.17, 15) is 18.3 Å². The molecule has 2 aliphatic rings. The number of para-hydroxylation sites is 1. The van der Waals surface area contributed by atoms with Crippen molar-refractivity contribution in [3.05, 3.63) is 23.8 Å². The van der Waals surface area contributed by atoms with Crippen LogP contribution >= 0.6 is 0 Å². The summed E-state index contributed by atoms with van der Waals surface area (Å²) < 4.78 is 42.7. The van der Waals surface area contributed by atoms with Gasteiger partial charge in [-0.2, -0.15) is 13.2 Å². The van der Waals surface area contributed by atoms with Gasteiger partial charge in [0.05, 0.1) is 20.3 Å². The van der Waals surface area contributed by atoms with Gasteiger partial charge in [-0.1, -0.05) is 25.0 Å². The number of halogens is 3. The third-order valence-electron chi connectivity index (χ3n) is 5.69. The molecular weight excluding hydrogens is 417 g/mol. The number of benzene rings is 1. The molecule has 1 saturated heterocycles. The maximum absolute atomic E-state index is 10.6. The fraction of sp³-hybridized carbons (Fsp3) is 0.667. The smallest absolute Gasteiger partial charge is 0.490 e. The lowest BCUT2D eigenvalue weighted by Gasteiger charge is -2.42. The topological polar surface area (TPSA) is 82.5 Å². The van der Waals surface area contributed by atoms with E-state index in [-0.39, 0.29) is 6.10 Å². The standard InChI is InChI=1S/C19H30N2O3.C2HF3O2/c1-23-18-9-5-6-15(19(18)24-2)14-20-10-12-21(13-11-20)16-7-3-4-8-17(16)22;3-2(4,5)1(6)7/h5-6,9,16-17,22H,3-4,7-8,10-14H2,1-2H3;(H,6,7)/t16-,17-;/m0./s1. The van der Waals surface area contributed by atoms with Crippen LogP contribution in [0.4, 0.5) is 13.2 Å². The lowest BCUT2D eigenvalue weighted by molar-refractivity contribution is -0.192. The summed E-state index contributed by atoms with van der Waals surface area (Å²) in [5.41, 5.74) is 1.17. The van der Waals surface area contributed by atoms with E-state index in [2.05, 4.69) is 15.9 Å². The van der Waals surface area contributed by atoms with E-state index in [1.54, 1.807) is 14.2 Å². The second-order valence-electron chi connectivity index (χ2n) is 7.69. The van der Waals surface area contributed by atoms with Crippen molar-refractivity contribution in [3.8, 4) is 11.5 Å². The van der Waals surface area contributed by atoms with Gasteiger partial charge in [-0.15, -0.1) is 0 Å². The third kappa shape index (κ3) is 7.26. The Morgan fingerprint density at radius 1 is 1.10 bits per heavy atom. The minimum absolute atomic E-state index is 0.135. The quantitative estimate of drug-likeness (QED) is 0.717. The lowest BCUT2D eigenvalue weighted by Crippen LogP contribution is -2.54. The highest BCUT2D eigenvalue weighted by Gasteiger charge is 2.38. The summed E-state index contributed by atoms with van der Waals surface area (Å²) in [6, 6.07) is 6.43. The van der Waals surface area contributed by atoms with Crippen LogP contribution in [0.2, 0.25) is 0 Å². The van der Waals surface area contributed by atoms with Crippen LogP contribution in [-0.4, -0.2) is 84.7 Å². The van der Waals surface area contributed by atoms with E-state index in [4.69, 9.17) is 19.4 Å². The highest BCUT2D eigenvalue weighted by Crippen LogP contribution is 2.32. The number of piperazine rings is 1. The molecule has 10 heteroatoms. The van der Waals surface area contributed by atoms with Gasteiger partial charge in [0.15, 0.2) is 11.5 Å². The van der Waals surface area contributed by atoms with E-state index >= 15 is 0 Å². The molecule has 0 bridgehead atoms. The van der Waals surface area contributed by atoms with Crippen LogP contribution in [0.1, 0.15) is 31.2 Å². The van der Waals surface area contributed by atoms with Gasteiger partial charge in [-0.3, -0.25) is 9.80 Å². The van der Waals surface area contributed by atoms with Crippen molar-refractivity contribution in [1.82, 2.24) is 9.80 Å². The number of carbonyl (C=O) groups is 1. The van der Waals surface area contributed by atoms with Crippen molar-refractivity contribution in [2.45, 2.75) is 50.6 Å². The Hall–Kier alpha value is -2.04. The van der Waals surface area contributed by atoms with Gasteiger partial charge >= 0.3 is 12.1 Å². The average Bonchev–Trinajstić information content (AvgIpc) is 2.74. The second-order valence-corrected chi connectivity index (χ2v) is 7.69. The Morgan fingerprint density at radius 2 is 1.71 bits per heavy atom. The first-order valence-electron chi connectivity index (χ1n) is 10.3. The summed E-state index contributed by atoms with van der Waals surface area (Å²) in [6.07, 6.45) is -0.684. The molecule has 7 nitrogen and oxygen atoms in total. The molecule has 1 aromatic carbocycles. The van der Waals surface area contributed by atoms with Crippen LogP contribution in [0.5, 0.6) is 11.5 Å². The predicted octanol–water partition coefficient (Wildman–Crippen LogP) is 2.76. The molecule has 0 aromatic heterocycles. The van der Waals surface area contributed by atoms with Crippen molar-refractivity contribution in [3.63, 3.8) is 0 Å². The first-order chi connectivity index (χ1) is 14.7. The molecule has 0 spiro atoms. The molecule has 2 fully saturated rings. The van der Waals surface area contributed by atoms with Crippen molar-refractivity contribution in [2.75, 3.05) is 40.4 Å². The Bertz CT molecular complexity index is 709. The summed E-state index contributed by atoms with van der Waals surface area (Å²) in [6.45, 7) is 5.01. The molecule has 1 saturated carbocycles. The molecule has 31 heavy (non-hydrogen) atoms. The number of methoxy groups -OCH3 is 2. The Morgan fingerprint density at radius 3 is 2.23 bits per heavy atom. The minimum Gasteiger partial charge on any atom is -0.493 e. The van der Waals surface area contributed by atoms with E-state index in [1.165, 1.54) is 18.4 Å². The van der Waals surface area contributed by atoms with E-state index in [1.807, 2.05) is 12.1 Å². The second kappa shape index (κ2) is 11.5. The summed E-state index contributed by atoms with van der Waals surface area (Å²) in [5.74, 6) is -1.13. The molecule has 176 valence electrons. The zero-order valence-corrected chi connectivity index (χ0v) is 17.9. The number of nitrogens with zero attached hydrogens (tertiary/aromatic N) is 2. The van der Waals surface area contributed by atoms with Crippen molar-refractivity contribution >= 4 is 5.97 Å². The van der Waals surface area contributed by atoms with Gasteiger partial charge in [0, 0.05) is 44.3 Å². The van der Waals surface area contributed by atoms with Crippen LogP contribution in [0.15, 0.2) is 18.2 Å². The van der Waals surface area contributed by atoms with Crippen molar-refractivity contribution in [2.24, 2.45) is 0 Å². The molecule has 1 aliphatic heterocycles. The van der Waals surface area contributed by atoms with Gasteiger partial charge < -0.3 is 19.7 Å². The summed E-state index contributed by atoms with van der Waals surface area (Å²) in [7, 11) is 3.37. The molecule has 3 rings (SSSR count). The highest BCUT2D eigenvalue weighted by atomic mass is 19.4. The average molecular weight is 448 g/mol. The Balaban J connectivity index is 0.000000423. The van der Waals surface area contributed by atoms with Gasteiger partial charge in [0.1, 0.15) is 0 Å². The molecule has 1 aliphatic carbocycles. The predicted molar refractivity (Wildman–Crippen MR) is 108 cm³/mol. The molecule has 2 atom stereocenters. The fourth-order valence-corrected chi connectivity index (χ4v) is 4.09. The molecule has 1 heterocycles. The van der Waals surface area contributed by atoms with Crippen LogP contribution in [-0.2, 0) is 11.3 Å². The van der Waals surface area contributed by atoms with Gasteiger partial charge in [0.2, 0.25) is 0 Å². The number of hydrogen-bond acceptors (Lipinski definition) is 6. The fourth-order valence-electron chi connectivity index (χ4n) is 4.09. The van der Waals surface area contributed by atoms with Crippen LogP contribution in [0, 0.1) is 0 Å². The first-order valence-corrected chi connectivity index (χ1v) is 10.3. The van der Waals surface area contributed by atoms with Crippen LogP contribution < -0.4 is 9.47 Å². The summed E-state index contributed by atoms with van der Waals surface area (Å²) >= 11 is 0. The largest absolute Gasteiger partial charge is 0.493 e. The maximum atomic E-state index is 10.6. The molecular formula is C21H31F3N2O5. The van der Waals surface area contributed by atoms with E-state index < -0.39 is 12.1 Å². The maximum Gasteiger partial charge on any atom is 0.490 e. The van der Waals surface area contributed by atoms with Crippen LogP contribution in [0.3, 0.4) is 0 Å². The van der Waals surface area contributed by atoms with Gasteiger partial charge in [0.25, 0.3) is 0 Å². The lowest BCUT2D eigenvalue weighted by atomic mass is 9.91. The monoisotopic (exact) mass is 448 g/mol. The SMILES string of the molecule is COc1cccc(CN2CCN([C@H]3CCCC[C@@H]3O)CC2)c1OC.O=C(O)C(F)(F)F. The number of aliphatic carboxylic acids is 1. The molecule has 0 amide bonds. The Kier molecular flexibility index (Phi) is 9.39. The number of carboxylic acids is 1. The van der Waals surface area contributed by atoms with Crippen molar-refractivity contribution in [1.29, 1.82) is 0 Å². The molecule has 0 unspecified atom stereocenters. The first kappa shape index (κ1) is 25.2. The number of hydrogen-bond donors (Lipinski definition) is 2. The number of carboxylic acid groups (broad SMARTS) is 1. The summed E-state index contributed by atoms with van der Waals surface area (Å²) in [4.78, 5) is 13.8. The zero-order chi connectivity index (χ0) is 23.0. The third-order valence-corrected chi connectivity index (χ3v) is 5.69. The number of aliphatic hydroxyl groups is 1. The van der Waals surface area contributed by atoms with E-state index in [0.717, 1.165) is 57.1 Å². The molecule has 0 radical (unpaired) electrons. The normalized spacial score (nSPS) is 22.9.